The molecule has 0 saturated carbocycles. The number of esters is 1. The van der Waals surface area contributed by atoms with Gasteiger partial charge in [0.15, 0.2) is 6.29 Å². The molecule has 6 heteroatoms. The van der Waals surface area contributed by atoms with Crippen molar-refractivity contribution in [2.75, 3.05) is 18.1 Å². The third kappa shape index (κ3) is 7.49. The van der Waals surface area contributed by atoms with Gasteiger partial charge in [0, 0.05) is 31.9 Å². The number of rotatable bonds is 10. The predicted molar refractivity (Wildman–Crippen MR) is 127 cm³/mol. The first kappa shape index (κ1) is 23.5. The second-order valence-electron chi connectivity index (χ2n) is 7.52. The van der Waals surface area contributed by atoms with Gasteiger partial charge in [0.1, 0.15) is 6.10 Å². The Morgan fingerprint density at radius 1 is 1.27 bits per heavy atom. The van der Waals surface area contributed by atoms with Crippen LogP contribution in [0.4, 0.5) is 0 Å². The SMILES string of the molecule is CCOC(C)O[C@H](C[C@@H]1CC=CC(=O)O1)CC1(/C=C/c2ccccc2)SCCCS1. The van der Waals surface area contributed by atoms with Crippen LogP contribution in [0.15, 0.2) is 48.6 Å². The minimum Gasteiger partial charge on any atom is -0.459 e. The molecule has 0 spiro atoms. The molecule has 164 valence electrons. The lowest BCUT2D eigenvalue weighted by Crippen LogP contribution is -2.35. The van der Waals surface area contributed by atoms with Crippen molar-refractivity contribution in [1.82, 2.24) is 0 Å². The molecule has 2 heterocycles. The Balaban J connectivity index is 1.75. The molecule has 0 bridgehead atoms. The van der Waals surface area contributed by atoms with E-state index in [-0.39, 0.29) is 28.5 Å². The van der Waals surface area contributed by atoms with E-state index >= 15 is 0 Å². The summed E-state index contributed by atoms with van der Waals surface area (Å²) >= 11 is 3.99. The Hall–Kier alpha value is -1.21. The molecule has 3 atom stereocenters. The zero-order chi connectivity index (χ0) is 21.2. The van der Waals surface area contributed by atoms with Gasteiger partial charge in [-0.2, -0.15) is 0 Å². The van der Waals surface area contributed by atoms with Crippen molar-refractivity contribution in [1.29, 1.82) is 0 Å². The molecule has 2 aliphatic heterocycles. The molecular weight excluding hydrogens is 416 g/mol. The third-order valence-electron chi connectivity index (χ3n) is 5.07. The minimum absolute atomic E-state index is 0.0563. The lowest BCUT2D eigenvalue weighted by molar-refractivity contribution is -0.170. The van der Waals surface area contributed by atoms with Crippen LogP contribution in [0.3, 0.4) is 0 Å². The highest BCUT2D eigenvalue weighted by molar-refractivity contribution is 8.19. The standard InChI is InChI=1S/C24H32O4S2/c1-3-26-19(2)27-22(17-21-11-7-12-23(25)28-21)18-24(29-15-8-16-30-24)14-13-20-9-5-4-6-10-20/h4-7,9-10,12-14,19,21-22H,3,8,11,15-18H2,1-2H3/b14-13+/t19?,21-,22+/m0/s1. The predicted octanol–water partition coefficient (Wildman–Crippen LogP) is 5.69. The fourth-order valence-corrected chi connectivity index (χ4v) is 6.94. The van der Waals surface area contributed by atoms with E-state index in [1.54, 1.807) is 0 Å². The molecule has 0 radical (unpaired) electrons. The average Bonchev–Trinajstić information content (AvgIpc) is 2.74. The van der Waals surface area contributed by atoms with E-state index < -0.39 is 0 Å². The van der Waals surface area contributed by atoms with E-state index in [1.165, 1.54) is 18.1 Å². The number of thioether (sulfide) groups is 2. The lowest BCUT2D eigenvalue weighted by atomic mass is 10.0. The molecule has 0 amide bonds. The van der Waals surface area contributed by atoms with Crippen LogP contribution in [0.2, 0.25) is 0 Å². The highest BCUT2D eigenvalue weighted by Gasteiger charge is 2.36. The fourth-order valence-electron chi connectivity index (χ4n) is 3.71. The van der Waals surface area contributed by atoms with Crippen LogP contribution in [0, 0.1) is 0 Å². The lowest BCUT2D eigenvalue weighted by Gasteiger charge is -2.38. The second kappa shape index (κ2) is 12.0. The minimum atomic E-state index is -0.288. The summed E-state index contributed by atoms with van der Waals surface area (Å²) in [6.45, 7) is 4.52. The maximum absolute atomic E-state index is 11.7. The second-order valence-corrected chi connectivity index (χ2v) is 10.6. The number of hydrogen-bond donors (Lipinski definition) is 0. The number of carbonyl (C=O) groups is 1. The summed E-state index contributed by atoms with van der Waals surface area (Å²) in [5, 5.41) is 0. The van der Waals surface area contributed by atoms with E-state index in [9.17, 15) is 4.79 Å². The van der Waals surface area contributed by atoms with E-state index in [1.807, 2.05) is 49.5 Å². The Morgan fingerprint density at radius 3 is 2.73 bits per heavy atom. The molecule has 1 saturated heterocycles. The van der Waals surface area contributed by atoms with Crippen LogP contribution in [-0.2, 0) is 19.0 Å². The summed E-state index contributed by atoms with van der Waals surface area (Å²) in [6, 6.07) is 10.4. The quantitative estimate of drug-likeness (QED) is 0.339. The molecule has 1 fully saturated rings. The molecule has 2 aliphatic rings. The highest BCUT2D eigenvalue weighted by Crippen LogP contribution is 2.48. The van der Waals surface area contributed by atoms with E-state index in [0.717, 1.165) is 24.3 Å². The fraction of sp³-hybridized carbons (Fsp3) is 0.542. The van der Waals surface area contributed by atoms with Crippen molar-refractivity contribution in [3.63, 3.8) is 0 Å². The van der Waals surface area contributed by atoms with Gasteiger partial charge in [-0.05, 0) is 37.3 Å². The van der Waals surface area contributed by atoms with Crippen LogP contribution in [0.5, 0.6) is 0 Å². The smallest absolute Gasteiger partial charge is 0.330 e. The van der Waals surface area contributed by atoms with Crippen molar-refractivity contribution >= 4 is 35.6 Å². The number of benzene rings is 1. The molecular formula is C24H32O4S2. The zero-order valence-corrected chi connectivity index (χ0v) is 19.5. The molecule has 0 N–H and O–H groups in total. The van der Waals surface area contributed by atoms with Gasteiger partial charge >= 0.3 is 5.97 Å². The third-order valence-corrected chi connectivity index (χ3v) is 8.35. The van der Waals surface area contributed by atoms with Crippen molar-refractivity contribution in [3.05, 3.63) is 54.1 Å². The van der Waals surface area contributed by atoms with Crippen molar-refractivity contribution in [3.8, 4) is 0 Å². The maximum atomic E-state index is 11.7. The molecule has 0 aromatic heterocycles. The van der Waals surface area contributed by atoms with Gasteiger partial charge in [0.05, 0.1) is 10.2 Å². The molecule has 0 aliphatic carbocycles. The van der Waals surface area contributed by atoms with Crippen LogP contribution in [0.25, 0.3) is 6.08 Å². The van der Waals surface area contributed by atoms with Crippen LogP contribution in [-0.4, -0.2) is 46.7 Å². The van der Waals surface area contributed by atoms with Crippen molar-refractivity contribution < 1.29 is 19.0 Å². The first-order chi connectivity index (χ1) is 14.6. The monoisotopic (exact) mass is 448 g/mol. The molecule has 1 aromatic rings. The molecule has 3 rings (SSSR count). The van der Waals surface area contributed by atoms with E-state index in [0.29, 0.717) is 13.0 Å². The summed E-state index contributed by atoms with van der Waals surface area (Å²) in [5.41, 5.74) is 1.20. The summed E-state index contributed by atoms with van der Waals surface area (Å²) in [5.74, 6) is 2.02. The number of hydrogen-bond acceptors (Lipinski definition) is 6. The van der Waals surface area contributed by atoms with Gasteiger partial charge in [-0.25, -0.2) is 4.79 Å². The maximum Gasteiger partial charge on any atom is 0.330 e. The number of carbonyl (C=O) groups excluding carboxylic acids is 1. The van der Waals surface area contributed by atoms with Gasteiger partial charge < -0.3 is 14.2 Å². The Labute approximate surface area is 188 Å². The highest BCUT2D eigenvalue weighted by atomic mass is 32.2. The van der Waals surface area contributed by atoms with Gasteiger partial charge in [0.25, 0.3) is 0 Å². The molecule has 1 aromatic carbocycles. The van der Waals surface area contributed by atoms with Gasteiger partial charge in [-0.3, -0.25) is 0 Å². The van der Waals surface area contributed by atoms with Crippen molar-refractivity contribution in [2.24, 2.45) is 0 Å². The molecule has 4 nitrogen and oxygen atoms in total. The Morgan fingerprint density at radius 2 is 2.03 bits per heavy atom. The number of ether oxygens (including phenoxy) is 3. The molecule has 30 heavy (non-hydrogen) atoms. The Kier molecular flexibility index (Phi) is 9.37. The van der Waals surface area contributed by atoms with E-state index in [4.69, 9.17) is 14.2 Å². The van der Waals surface area contributed by atoms with Crippen molar-refractivity contribution in [2.45, 2.75) is 62.1 Å². The zero-order valence-electron chi connectivity index (χ0n) is 17.8. The normalized spacial score (nSPS) is 23.3. The first-order valence-corrected chi connectivity index (χ1v) is 12.7. The van der Waals surface area contributed by atoms with E-state index in [2.05, 4.69) is 36.4 Å². The van der Waals surface area contributed by atoms with Crippen LogP contribution >= 0.6 is 23.5 Å². The topological polar surface area (TPSA) is 44.8 Å². The first-order valence-electron chi connectivity index (χ1n) is 10.7. The number of cyclic esters (lactones) is 1. The summed E-state index contributed by atoms with van der Waals surface area (Å²) in [7, 11) is 0. The van der Waals surface area contributed by atoms with Gasteiger partial charge in [-0.15, -0.1) is 23.5 Å². The summed E-state index contributed by atoms with van der Waals surface area (Å²) < 4.78 is 17.4. The largest absolute Gasteiger partial charge is 0.459 e. The summed E-state index contributed by atoms with van der Waals surface area (Å²) in [4.78, 5) is 11.7. The molecule has 1 unspecified atom stereocenters. The van der Waals surface area contributed by atoms with Gasteiger partial charge in [-0.1, -0.05) is 48.6 Å². The average molecular weight is 449 g/mol. The van der Waals surface area contributed by atoms with Crippen LogP contribution < -0.4 is 0 Å². The Bertz CT molecular complexity index is 713. The van der Waals surface area contributed by atoms with Gasteiger partial charge in [0.2, 0.25) is 0 Å². The van der Waals surface area contributed by atoms with Crippen LogP contribution in [0.1, 0.15) is 45.1 Å². The summed E-state index contributed by atoms with van der Waals surface area (Å²) in [6.07, 6.45) is 11.0.